The van der Waals surface area contributed by atoms with E-state index in [9.17, 15) is 24.6 Å². The minimum Gasteiger partial charge on any atom is -0.485 e. The van der Waals surface area contributed by atoms with Gasteiger partial charge < -0.3 is 24.3 Å². The van der Waals surface area contributed by atoms with E-state index in [1.807, 2.05) is 12.1 Å². The molecule has 1 saturated carbocycles. The second kappa shape index (κ2) is 7.43. The van der Waals surface area contributed by atoms with Crippen molar-refractivity contribution in [3.8, 4) is 5.75 Å². The van der Waals surface area contributed by atoms with Crippen molar-refractivity contribution in [3.63, 3.8) is 0 Å². The van der Waals surface area contributed by atoms with Crippen LogP contribution in [0.15, 0.2) is 62.9 Å². The van der Waals surface area contributed by atoms with E-state index < -0.39 is 29.7 Å². The van der Waals surface area contributed by atoms with Gasteiger partial charge in [0, 0.05) is 22.3 Å². The molecule has 8 nitrogen and oxygen atoms in total. The van der Waals surface area contributed by atoms with Crippen LogP contribution in [0, 0.1) is 11.8 Å². The van der Waals surface area contributed by atoms with Crippen LogP contribution in [-0.4, -0.2) is 45.2 Å². The predicted molar refractivity (Wildman–Crippen MR) is 122 cm³/mol. The highest BCUT2D eigenvalue weighted by Crippen LogP contribution is 2.53. The lowest BCUT2D eigenvalue weighted by molar-refractivity contribution is -0.163. The Labute approximate surface area is 194 Å². The van der Waals surface area contributed by atoms with E-state index in [1.54, 1.807) is 37.3 Å². The predicted octanol–water partition coefficient (Wildman–Crippen LogP) is 3.05. The Hall–Kier alpha value is -3.65. The van der Waals surface area contributed by atoms with Gasteiger partial charge in [0.05, 0.1) is 23.4 Å². The Bertz CT molecular complexity index is 1450. The van der Waals surface area contributed by atoms with Crippen LogP contribution in [0.2, 0.25) is 0 Å². The van der Waals surface area contributed by atoms with Gasteiger partial charge >= 0.3 is 11.6 Å². The zero-order valence-electron chi connectivity index (χ0n) is 18.4. The number of carbonyl (C=O) groups is 2. The number of aliphatic carboxylic acids is 1. The summed E-state index contributed by atoms with van der Waals surface area (Å²) in [5.74, 6) is -1.84. The van der Waals surface area contributed by atoms with E-state index in [0.717, 1.165) is 18.2 Å². The fraction of sp³-hybridized carbons (Fsp3) is 0.346. The van der Waals surface area contributed by atoms with Crippen LogP contribution >= 0.6 is 0 Å². The number of rotatable bonds is 4. The lowest BCUT2D eigenvalue weighted by Gasteiger charge is -2.47. The highest BCUT2D eigenvalue weighted by molar-refractivity contribution is 6.07. The van der Waals surface area contributed by atoms with Gasteiger partial charge in [-0.2, -0.15) is 0 Å². The standard InChI is InChI=1S/C26H23NO7/c1-12(28)19-22-14-7-4-11-18(21(14)23(25(30)31)27(22)24(19)29)33-17-10-5-8-15-20(17)13-6-2-3-9-16(13)34-26(15)32/h2-3,5-6,8-10,12,14,18-19,22,28H,4,7,11H2,1H3,(H,30,31). The molecule has 34 heavy (non-hydrogen) atoms. The molecule has 1 saturated heterocycles. The van der Waals surface area contributed by atoms with E-state index >= 15 is 0 Å². The van der Waals surface area contributed by atoms with Gasteiger partial charge in [-0.3, -0.25) is 4.79 Å². The molecule has 1 amide bonds. The largest absolute Gasteiger partial charge is 0.485 e. The zero-order chi connectivity index (χ0) is 23.7. The molecule has 3 aliphatic rings. The first-order chi connectivity index (χ1) is 16.4. The van der Waals surface area contributed by atoms with Gasteiger partial charge in [0.1, 0.15) is 23.1 Å². The van der Waals surface area contributed by atoms with Crippen LogP contribution < -0.4 is 10.4 Å². The average Bonchev–Trinajstić information content (AvgIpc) is 3.11. The minimum absolute atomic E-state index is 0.0220. The van der Waals surface area contributed by atoms with Crippen LogP contribution in [0.4, 0.5) is 0 Å². The molecule has 0 bridgehead atoms. The van der Waals surface area contributed by atoms with Gasteiger partial charge in [-0.1, -0.05) is 24.3 Å². The second-order valence-corrected chi connectivity index (χ2v) is 9.28. The number of fused-ring (bicyclic) bond motifs is 6. The molecular formula is C26H23NO7. The molecule has 3 aromatic rings. The van der Waals surface area contributed by atoms with E-state index in [4.69, 9.17) is 9.15 Å². The zero-order valence-corrected chi connectivity index (χ0v) is 18.4. The van der Waals surface area contributed by atoms with Crippen molar-refractivity contribution in [2.45, 2.75) is 44.4 Å². The number of benzene rings is 2. The molecule has 5 atom stereocenters. The maximum Gasteiger partial charge on any atom is 0.352 e. The second-order valence-electron chi connectivity index (χ2n) is 9.28. The lowest BCUT2D eigenvalue weighted by Crippen LogP contribution is -2.64. The number of carbonyl (C=O) groups excluding carboxylic acids is 1. The van der Waals surface area contributed by atoms with Crippen LogP contribution in [0.5, 0.6) is 5.75 Å². The number of amides is 1. The molecule has 0 spiro atoms. The monoisotopic (exact) mass is 461 g/mol. The van der Waals surface area contributed by atoms with Crippen molar-refractivity contribution in [1.29, 1.82) is 0 Å². The number of nitrogens with zero attached hydrogens (tertiary/aromatic N) is 1. The molecule has 174 valence electrons. The number of hydrogen-bond acceptors (Lipinski definition) is 6. The van der Waals surface area contributed by atoms with Crippen molar-refractivity contribution in [1.82, 2.24) is 4.90 Å². The van der Waals surface area contributed by atoms with Gasteiger partial charge in [0.25, 0.3) is 0 Å². The third-order valence-corrected chi connectivity index (χ3v) is 7.44. The first-order valence-electron chi connectivity index (χ1n) is 11.5. The normalized spacial score (nSPS) is 26.9. The van der Waals surface area contributed by atoms with Gasteiger partial charge in [0.15, 0.2) is 0 Å². The summed E-state index contributed by atoms with van der Waals surface area (Å²) in [5.41, 5.74) is 0.552. The van der Waals surface area contributed by atoms with Crippen molar-refractivity contribution < 1.29 is 29.0 Å². The summed E-state index contributed by atoms with van der Waals surface area (Å²) in [6.45, 7) is 1.57. The fourth-order valence-electron chi connectivity index (χ4n) is 6.10. The lowest BCUT2D eigenvalue weighted by atomic mass is 9.71. The van der Waals surface area contributed by atoms with Gasteiger partial charge in [-0.25, -0.2) is 9.59 Å². The molecule has 2 N–H and O–H groups in total. The van der Waals surface area contributed by atoms with Crippen LogP contribution in [0.3, 0.4) is 0 Å². The Morgan fingerprint density at radius 2 is 1.88 bits per heavy atom. The summed E-state index contributed by atoms with van der Waals surface area (Å²) in [6.07, 6.45) is 0.699. The quantitative estimate of drug-likeness (QED) is 0.348. The van der Waals surface area contributed by atoms with Crippen LogP contribution in [-0.2, 0) is 9.59 Å². The smallest absolute Gasteiger partial charge is 0.352 e. The van der Waals surface area contributed by atoms with E-state index in [2.05, 4.69) is 0 Å². The number of hydrogen-bond donors (Lipinski definition) is 2. The fourth-order valence-corrected chi connectivity index (χ4v) is 6.10. The molecule has 1 aromatic heterocycles. The van der Waals surface area contributed by atoms with Crippen molar-refractivity contribution >= 4 is 33.6 Å². The molecule has 2 fully saturated rings. The number of β-lactam (4-membered cyclic amide) rings is 1. The van der Waals surface area contributed by atoms with E-state index in [0.29, 0.717) is 34.1 Å². The molecule has 2 aliphatic heterocycles. The number of aliphatic hydroxyl groups is 1. The maximum absolute atomic E-state index is 12.7. The molecule has 8 heteroatoms. The molecule has 5 unspecified atom stereocenters. The summed E-state index contributed by atoms with van der Waals surface area (Å²) >= 11 is 0. The molecule has 6 rings (SSSR count). The minimum atomic E-state index is -1.17. The molecular weight excluding hydrogens is 438 g/mol. The molecule has 0 radical (unpaired) electrons. The van der Waals surface area contributed by atoms with Crippen molar-refractivity contribution in [3.05, 3.63) is 64.2 Å². The number of carboxylic acids is 1. The summed E-state index contributed by atoms with van der Waals surface area (Å²) in [7, 11) is 0. The third kappa shape index (κ3) is 2.78. The van der Waals surface area contributed by atoms with Gasteiger partial charge in [-0.15, -0.1) is 0 Å². The first kappa shape index (κ1) is 20.9. The van der Waals surface area contributed by atoms with Crippen LogP contribution in [0.25, 0.3) is 21.7 Å². The first-order valence-corrected chi connectivity index (χ1v) is 11.5. The topological polar surface area (TPSA) is 117 Å². The average molecular weight is 461 g/mol. The summed E-state index contributed by atoms with van der Waals surface area (Å²) in [6, 6.07) is 12.0. The Morgan fingerprint density at radius 1 is 1.12 bits per heavy atom. The highest BCUT2D eigenvalue weighted by Gasteiger charge is 2.62. The molecule has 2 aromatic carbocycles. The highest BCUT2D eigenvalue weighted by atomic mass is 16.5. The van der Waals surface area contributed by atoms with Gasteiger partial charge in [-0.05, 0) is 44.4 Å². The number of aliphatic hydroxyl groups excluding tert-OH is 1. The van der Waals surface area contributed by atoms with E-state index in [-0.39, 0.29) is 23.6 Å². The summed E-state index contributed by atoms with van der Waals surface area (Å²) in [5, 5.41) is 21.9. The third-order valence-electron chi connectivity index (χ3n) is 7.44. The number of ether oxygens (including phenoxy) is 1. The molecule has 3 heterocycles. The number of para-hydroxylation sites is 1. The molecule has 1 aliphatic carbocycles. The van der Waals surface area contributed by atoms with E-state index in [1.165, 1.54) is 4.90 Å². The Balaban J connectivity index is 1.48. The Morgan fingerprint density at radius 3 is 2.65 bits per heavy atom. The Kier molecular flexibility index (Phi) is 4.57. The summed E-state index contributed by atoms with van der Waals surface area (Å²) in [4.78, 5) is 39.0. The van der Waals surface area contributed by atoms with Crippen molar-refractivity contribution in [2.24, 2.45) is 11.8 Å². The maximum atomic E-state index is 12.7. The number of carboxylic acid groups (broad SMARTS) is 1. The van der Waals surface area contributed by atoms with Crippen molar-refractivity contribution in [2.75, 3.05) is 0 Å². The SMILES string of the molecule is CC(O)C1C(=O)N2C(C(=O)O)=C3C(Oc4cccc5c(=O)oc6ccccc6c45)CCCC3C12. The van der Waals surface area contributed by atoms with Gasteiger partial charge in [0.2, 0.25) is 5.91 Å². The van der Waals surface area contributed by atoms with Crippen LogP contribution in [0.1, 0.15) is 26.2 Å². The summed E-state index contributed by atoms with van der Waals surface area (Å²) < 4.78 is 11.9.